The zero-order valence-corrected chi connectivity index (χ0v) is 17.8. The number of nitrogens with zero attached hydrogens (tertiary/aromatic N) is 3. The number of hydrogen-bond acceptors (Lipinski definition) is 5. The Balaban J connectivity index is 1.42. The molecule has 2 aromatic heterocycles. The number of aryl methyl sites for hydroxylation is 1. The second-order valence-corrected chi connectivity index (χ2v) is 9.23. The zero-order chi connectivity index (χ0) is 21.1. The van der Waals surface area contributed by atoms with Crippen LogP contribution in [0, 0.1) is 12.7 Å². The molecule has 0 saturated carbocycles. The molecule has 0 unspecified atom stereocenters. The summed E-state index contributed by atoms with van der Waals surface area (Å²) in [6, 6.07) is 13.9. The highest BCUT2D eigenvalue weighted by molar-refractivity contribution is 7.92. The fourth-order valence-corrected chi connectivity index (χ4v) is 4.54. The molecule has 0 aliphatic carbocycles. The molecule has 4 aromatic rings. The molecule has 0 spiro atoms. The second kappa shape index (κ2) is 8.47. The van der Waals surface area contributed by atoms with Gasteiger partial charge in [-0.15, -0.1) is 16.4 Å². The number of hydrogen-bond donors (Lipinski definition) is 1. The summed E-state index contributed by atoms with van der Waals surface area (Å²) in [6.07, 6.45) is 1.99. The molecule has 2 aromatic carbocycles. The number of aromatic nitrogens is 3. The van der Waals surface area contributed by atoms with Crippen molar-refractivity contribution in [2.24, 2.45) is 0 Å². The van der Waals surface area contributed by atoms with Gasteiger partial charge in [0, 0.05) is 23.8 Å². The Morgan fingerprint density at radius 1 is 1.17 bits per heavy atom. The average molecular weight is 443 g/mol. The lowest BCUT2D eigenvalue weighted by molar-refractivity contribution is 0.590. The lowest BCUT2D eigenvalue weighted by Crippen LogP contribution is -2.24. The van der Waals surface area contributed by atoms with Crippen LogP contribution in [0.1, 0.15) is 16.8 Å². The van der Waals surface area contributed by atoms with Gasteiger partial charge in [-0.25, -0.2) is 22.0 Å². The highest BCUT2D eigenvalue weighted by Gasteiger charge is 2.14. The molecule has 0 aliphatic heterocycles. The smallest absolute Gasteiger partial charge is 0.211 e. The Bertz CT molecular complexity index is 1310. The summed E-state index contributed by atoms with van der Waals surface area (Å²) in [6.45, 7) is 2.18. The van der Waals surface area contributed by atoms with Crippen LogP contribution in [0.15, 0.2) is 59.3 Å². The van der Waals surface area contributed by atoms with Gasteiger partial charge in [0.1, 0.15) is 5.82 Å². The van der Waals surface area contributed by atoms with Crippen molar-refractivity contribution in [3.63, 3.8) is 0 Å². The van der Waals surface area contributed by atoms with Crippen LogP contribution in [0.4, 0.5) is 4.39 Å². The van der Waals surface area contributed by atoms with Gasteiger partial charge in [0.25, 0.3) is 0 Å². The highest BCUT2D eigenvalue weighted by Crippen LogP contribution is 2.23. The first-order valence-electron chi connectivity index (χ1n) is 9.24. The Morgan fingerprint density at radius 3 is 2.70 bits per heavy atom. The van der Waals surface area contributed by atoms with E-state index in [1.54, 1.807) is 28.8 Å². The van der Waals surface area contributed by atoms with Crippen LogP contribution in [0.25, 0.3) is 22.4 Å². The summed E-state index contributed by atoms with van der Waals surface area (Å²) in [5.74, 6) is -0.0757. The van der Waals surface area contributed by atoms with E-state index in [1.807, 2.05) is 36.6 Å². The Morgan fingerprint density at radius 2 is 1.93 bits per heavy atom. The number of fused-ring (bicyclic) bond motifs is 1. The Labute approximate surface area is 177 Å². The van der Waals surface area contributed by atoms with Crippen LogP contribution >= 0.6 is 11.3 Å². The summed E-state index contributed by atoms with van der Waals surface area (Å²) in [4.78, 5) is 5.00. The van der Waals surface area contributed by atoms with Crippen molar-refractivity contribution in [3.05, 3.63) is 82.0 Å². The first kappa shape index (κ1) is 20.4. The summed E-state index contributed by atoms with van der Waals surface area (Å²) in [5, 5.41) is 7.42. The van der Waals surface area contributed by atoms with Gasteiger partial charge in [-0.3, -0.25) is 0 Å². The fourth-order valence-electron chi connectivity index (χ4n) is 2.87. The molecule has 6 nitrogen and oxygen atoms in total. The van der Waals surface area contributed by atoms with E-state index in [-0.39, 0.29) is 12.4 Å². The normalized spacial score (nSPS) is 12.2. The second-order valence-electron chi connectivity index (χ2n) is 6.74. The van der Waals surface area contributed by atoms with Gasteiger partial charge in [0.15, 0.2) is 5.82 Å². The lowest BCUT2D eigenvalue weighted by atomic mass is 10.2. The maximum absolute atomic E-state index is 14.0. The molecule has 154 valence electrons. The zero-order valence-electron chi connectivity index (χ0n) is 16.1. The number of rotatable bonds is 7. The van der Waals surface area contributed by atoms with E-state index in [2.05, 4.69) is 14.8 Å². The maximum Gasteiger partial charge on any atom is 0.233 e. The van der Waals surface area contributed by atoms with E-state index in [1.165, 1.54) is 17.4 Å². The van der Waals surface area contributed by atoms with E-state index >= 15 is 0 Å². The first-order valence-corrected chi connectivity index (χ1v) is 11.7. The van der Waals surface area contributed by atoms with Crippen molar-refractivity contribution in [2.75, 3.05) is 6.54 Å². The molecule has 4 rings (SSSR count). The van der Waals surface area contributed by atoms with Crippen molar-refractivity contribution in [1.29, 1.82) is 0 Å². The molecular formula is C21H19FN4O2S2. The summed E-state index contributed by atoms with van der Waals surface area (Å²) in [5.41, 5.74) is 3.06. The van der Waals surface area contributed by atoms with Crippen LogP contribution in [0.3, 0.4) is 0 Å². The standard InChI is InChI=1S/C21H19FN4O2S2/c1-15-6-8-16(9-7-15)11-13-30(27,28)23-12-10-17-14-29-21-24-20(25-26(17)21)18-4-2-3-5-19(18)22/h2-9,11,13-14,23H,10,12H2,1H3. The lowest BCUT2D eigenvalue weighted by Gasteiger charge is -2.02. The van der Waals surface area contributed by atoms with Crippen LogP contribution in [-0.4, -0.2) is 29.6 Å². The summed E-state index contributed by atoms with van der Waals surface area (Å²) < 4.78 is 42.6. The minimum Gasteiger partial charge on any atom is -0.211 e. The molecule has 0 radical (unpaired) electrons. The minimum atomic E-state index is -3.56. The summed E-state index contributed by atoms with van der Waals surface area (Å²) >= 11 is 1.38. The van der Waals surface area contributed by atoms with Gasteiger partial charge in [-0.2, -0.15) is 4.98 Å². The molecule has 0 atom stereocenters. The van der Waals surface area contributed by atoms with Crippen molar-refractivity contribution in [3.8, 4) is 11.4 Å². The number of halogens is 1. The van der Waals surface area contributed by atoms with Crippen molar-refractivity contribution >= 4 is 32.4 Å². The SMILES string of the molecule is Cc1ccc(C=CS(=O)(=O)NCCc2csc3nc(-c4ccccc4F)nn23)cc1. The summed E-state index contributed by atoms with van der Waals surface area (Å²) in [7, 11) is -3.56. The van der Waals surface area contributed by atoms with E-state index in [9.17, 15) is 12.8 Å². The highest BCUT2D eigenvalue weighted by atomic mass is 32.2. The monoisotopic (exact) mass is 442 g/mol. The number of nitrogens with one attached hydrogen (secondary N) is 1. The molecule has 30 heavy (non-hydrogen) atoms. The maximum atomic E-state index is 14.0. The third-order valence-corrected chi connectivity index (χ3v) is 6.43. The molecule has 1 N–H and O–H groups in total. The van der Waals surface area contributed by atoms with Crippen LogP contribution in [0.2, 0.25) is 0 Å². The number of sulfonamides is 1. The quantitative estimate of drug-likeness (QED) is 0.469. The van der Waals surface area contributed by atoms with Crippen LogP contribution < -0.4 is 4.72 Å². The van der Waals surface area contributed by atoms with Crippen molar-refractivity contribution in [2.45, 2.75) is 13.3 Å². The fraction of sp³-hybridized carbons (Fsp3) is 0.143. The number of thiazole rings is 1. The third-order valence-electron chi connectivity index (χ3n) is 4.47. The van der Waals surface area contributed by atoms with Gasteiger partial charge in [0.05, 0.1) is 11.3 Å². The van der Waals surface area contributed by atoms with Gasteiger partial charge in [-0.1, -0.05) is 42.0 Å². The molecule has 9 heteroatoms. The molecule has 0 amide bonds. The molecule has 0 saturated heterocycles. The predicted octanol–water partition coefficient (Wildman–Crippen LogP) is 4.04. The van der Waals surface area contributed by atoms with Crippen molar-refractivity contribution in [1.82, 2.24) is 19.3 Å². The first-order chi connectivity index (χ1) is 14.4. The number of benzene rings is 2. The van der Waals surface area contributed by atoms with Gasteiger partial charge >= 0.3 is 0 Å². The molecule has 0 bridgehead atoms. The van der Waals surface area contributed by atoms with Gasteiger partial charge < -0.3 is 0 Å². The van der Waals surface area contributed by atoms with E-state index in [0.29, 0.717) is 22.8 Å². The Kier molecular flexibility index (Phi) is 5.76. The molecule has 0 fully saturated rings. The van der Waals surface area contributed by atoms with Crippen LogP contribution in [0.5, 0.6) is 0 Å². The van der Waals surface area contributed by atoms with Crippen LogP contribution in [-0.2, 0) is 16.4 Å². The largest absolute Gasteiger partial charge is 0.233 e. The van der Waals surface area contributed by atoms with E-state index in [0.717, 1.165) is 22.2 Å². The Hall–Kier alpha value is -2.88. The van der Waals surface area contributed by atoms with E-state index < -0.39 is 10.0 Å². The topological polar surface area (TPSA) is 76.4 Å². The average Bonchev–Trinajstić information content (AvgIpc) is 3.29. The van der Waals surface area contributed by atoms with Gasteiger partial charge in [-0.05, 0) is 30.7 Å². The molecule has 0 aliphatic rings. The molecule has 2 heterocycles. The third kappa shape index (κ3) is 4.64. The molecular weight excluding hydrogens is 423 g/mol. The van der Waals surface area contributed by atoms with E-state index in [4.69, 9.17) is 0 Å². The predicted molar refractivity (Wildman–Crippen MR) is 117 cm³/mol. The van der Waals surface area contributed by atoms with Gasteiger partial charge in [0.2, 0.25) is 15.0 Å². The minimum absolute atomic E-state index is 0.210. The van der Waals surface area contributed by atoms with Crippen molar-refractivity contribution < 1.29 is 12.8 Å².